The predicted octanol–water partition coefficient (Wildman–Crippen LogP) is 4.87. The van der Waals surface area contributed by atoms with Gasteiger partial charge in [-0.25, -0.2) is 4.90 Å². The standard InChI is InChI=1S/C23H14ClN3O3/c24-14-9-8-13-10-20(26-19(13)11-14)21(28)25-15-4-3-5-16(12-15)27-22(29)17-6-1-2-7-18(17)23(27)30/h1-12,26H,(H,25,28). The number of fused-ring (bicyclic) bond motifs is 2. The lowest BCUT2D eigenvalue weighted by atomic mass is 10.1. The number of amides is 3. The van der Waals surface area contributed by atoms with Crippen molar-refractivity contribution in [2.75, 3.05) is 10.2 Å². The molecular weight excluding hydrogens is 402 g/mol. The number of imide groups is 1. The number of H-pyrrole nitrogens is 1. The third-order valence-corrected chi connectivity index (χ3v) is 5.22. The van der Waals surface area contributed by atoms with Crippen molar-refractivity contribution >= 4 is 51.6 Å². The summed E-state index contributed by atoms with van der Waals surface area (Å²) in [5, 5.41) is 4.24. The molecule has 0 spiro atoms. The van der Waals surface area contributed by atoms with Crippen molar-refractivity contribution in [3.63, 3.8) is 0 Å². The fraction of sp³-hybridized carbons (Fsp3) is 0. The molecule has 1 aromatic heterocycles. The number of carbonyl (C=O) groups is 3. The molecule has 0 unspecified atom stereocenters. The third kappa shape index (κ3) is 2.94. The van der Waals surface area contributed by atoms with Gasteiger partial charge in [-0.1, -0.05) is 35.9 Å². The smallest absolute Gasteiger partial charge is 0.272 e. The lowest BCUT2D eigenvalue weighted by molar-refractivity contribution is 0.0925. The van der Waals surface area contributed by atoms with Gasteiger partial charge >= 0.3 is 0 Å². The molecule has 5 rings (SSSR count). The molecule has 0 fully saturated rings. The molecule has 0 atom stereocenters. The second-order valence-electron chi connectivity index (χ2n) is 6.91. The van der Waals surface area contributed by atoms with E-state index in [0.29, 0.717) is 33.2 Å². The Bertz CT molecular complexity index is 1320. The number of hydrogen-bond donors (Lipinski definition) is 2. The monoisotopic (exact) mass is 415 g/mol. The van der Waals surface area contributed by atoms with E-state index in [1.54, 1.807) is 66.7 Å². The molecule has 3 aromatic carbocycles. The molecule has 6 nitrogen and oxygen atoms in total. The van der Waals surface area contributed by atoms with Crippen LogP contribution in [0.15, 0.2) is 72.8 Å². The second kappa shape index (κ2) is 6.86. The Balaban J connectivity index is 1.42. The van der Waals surface area contributed by atoms with Crippen LogP contribution >= 0.6 is 11.6 Å². The molecule has 0 saturated carbocycles. The zero-order valence-electron chi connectivity index (χ0n) is 15.5. The summed E-state index contributed by atoms with van der Waals surface area (Å²) in [6.07, 6.45) is 0. The van der Waals surface area contributed by atoms with Gasteiger partial charge in [0.1, 0.15) is 5.69 Å². The molecular formula is C23H14ClN3O3. The molecule has 0 radical (unpaired) electrons. The molecule has 1 aliphatic heterocycles. The van der Waals surface area contributed by atoms with Crippen LogP contribution < -0.4 is 10.2 Å². The largest absolute Gasteiger partial charge is 0.350 e. The number of nitrogens with zero attached hydrogens (tertiary/aromatic N) is 1. The van der Waals surface area contributed by atoms with Gasteiger partial charge in [-0.2, -0.15) is 0 Å². The van der Waals surface area contributed by atoms with Crippen LogP contribution in [0.5, 0.6) is 0 Å². The van der Waals surface area contributed by atoms with E-state index in [4.69, 9.17) is 11.6 Å². The summed E-state index contributed by atoms with van der Waals surface area (Å²) in [7, 11) is 0. The molecule has 4 aromatic rings. The fourth-order valence-corrected chi connectivity index (χ4v) is 3.74. The zero-order chi connectivity index (χ0) is 20.8. The molecule has 2 N–H and O–H groups in total. The van der Waals surface area contributed by atoms with Crippen LogP contribution in [-0.4, -0.2) is 22.7 Å². The second-order valence-corrected chi connectivity index (χ2v) is 7.35. The zero-order valence-corrected chi connectivity index (χ0v) is 16.2. The highest BCUT2D eigenvalue weighted by Gasteiger charge is 2.36. The van der Waals surface area contributed by atoms with Crippen LogP contribution in [0.2, 0.25) is 5.02 Å². The Hall–Kier alpha value is -3.90. The SMILES string of the molecule is O=C(Nc1cccc(N2C(=O)c3ccccc3C2=O)c1)c1cc2ccc(Cl)cc2[nH]1. The van der Waals surface area contributed by atoms with Gasteiger partial charge in [-0.05, 0) is 48.5 Å². The first-order valence-electron chi connectivity index (χ1n) is 9.19. The molecule has 0 bridgehead atoms. The summed E-state index contributed by atoms with van der Waals surface area (Å²) >= 11 is 5.99. The Morgan fingerprint density at radius 1 is 0.867 bits per heavy atom. The summed E-state index contributed by atoms with van der Waals surface area (Å²) in [4.78, 5) is 42.2. The molecule has 7 heteroatoms. The van der Waals surface area contributed by atoms with E-state index >= 15 is 0 Å². The normalized spacial score (nSPS) is 13.0. The van der Waals surface area contributed by atoms with E-state index in [-0.39, 0.29) is 17.7 Å². The van der Waals surface area contributed by atoms with E-state index in [9.17, 15) is 14.4 Å². The average Bonchev–Trinajstić information content (AvgIpc) is 3.27. The third-order valence-electron chi connectivity index (χ3n) is 4.99. The van der Waals surface area contributed by atoms with E-state index in [1.165, 1.54) is 0 Å². The van der Waals surface area contributed by atoms with Crippen molar-refractivity contribution in [2.45, 2.75) is 0 Å². The van der Waals surface area contributed by atoms with Crippen molar-refractivity contribution < 1.29 is 14.4 Å². The Morgan fingerprint density at radius 2 is 1.60 bits per heavy atom. The summed E-state index contributed by atoms with van der Waals surface area (Å²) in [5.74, 6) is -1.11. The summed E-state index contributed by atoms with van der Waals surface area (Å²) in [6.45, 7) is 0. The van der Waals surface area contributed by atoms with Gasteiger partial charge in [-0.3, -0.25) is 14.4 Å². The number of anilines is 2. The van der Waals surface area contributed by atoms with Crippen LogP contribution in [0.3, 0.4) is 0 Å². The summed E-state index contributed by atoms with van der Waals surface area (Å²) in [5.41, 5.74) is 2.72. The first-order chi connectivity index (χ1) is 14.5. The van der Waals surface area contributed by atoms with Crippen LogP contribution in [0.1, 0.15) is 31.2 Å². The van der Waals surface area contributed by atoms with E-state index in [0.717, 1.165) is 15.8 Å². The number of nitrogens with one attached hydrogen (secondary N) is 2. The average molecular weight is 416 g/mol. The summed E-state index contributed by atoms with van der Waals surface area (Å²) < 4.78 is 0. The van der Waals surface area contributed by atoms with Gasteiger partial charge < -0.3 is 10.3 Å². The van der Waals surface area contributed by atoms with Gasteiger partial charge in [0.05, 0.1) is 16.8 Å². The molecule has 0 saturated heterocycles. The van der Waals surface area contributed by atoms with Gasteiger partial charge in [0.15, 0.2) is 0 Å². The highest BCUT2D eigenvalue weighted by Crippen LogP contribution is 2.30. The Morgan fingerprint density at radius 3 is 2.33 bits per heavy atom. The molecule has 1 aliphatic rings. The lowest BCUT2D eigenvalue weighted by Crippen LogP contribution is -2.29. The highest BCUT2D eigenvalue weighted by molar-refractivity contribution is 6.34. The number of hydrogen-bond acceptors (Lipinski definition) is 3. The van der Waals surface area contributed by atoms with Crippen molar-refractivity contribution in [3.8, 4) is 0 Å². The highest BCUT2D eigenvalue weighted by atomic mass is 35.5. The van der Waals surface area contributed by atoms with Gasteiger partial charge in [0.25, 0.3) is 17.7 Å². The number of aromatic nitrogens is 1. The van der Waals surface area contributed by atoms with Crippen molar-refractivity contribution in [1.82, 2.24) is 4.98 Å². The fourth-order valence-electron chi connectivity index (χ4n) is 3.57. The maximum atomic E-state index is 12.7. The van der Waals surface area contributed by atoms with E-state index < -0.39 is 0 Å². The van der Waals surface area contributed by atoms with Crippen molar-refractivity contribution in [2.24, 2.45) is 0 Å². The quantitative estimate of drug-likeness (QED) is 0.468. The minimum Gasteiger partial charge on any atom is -0.350 e. The topological polar surface area (TPSA) is 82.3 Å². The molecule has 30 heavy (non-hydrogen) atoms. The van der Waals surface area contributed by atoms with Crippen LogP contribution in [0.25, 0.3) is 10.9 Å². The van der Waals surface area contributed by atoms with E-state index in [1.807, 2.05) is 6.07 Å². The molecule has 0 aliphatic carbocycles. The number of carbonyl (C=O) groups excluding carboxylic acids is 3. The van der Waals surface area contributed by atoms with Crippen LogP contribution in [0.4, 0.5) is 11.4 Å². The summed E-state index contributed by atoms with van der Waals surface area (Å²) in [6, 6.07) is 20.4. The first-order valence-corrected chi connectivity index (χ1v) is 9.56. The number of halogens is 1. The van der Waals surface area contributed by atoms with E-state index in [2.05, 4.69) is 10.3 Å². The van der Waals surface area contributed by atoms with Crippen LogP contribution in [0, 0.1) is 0 Å². The predicted molar refractivity (Wildman–Crippen MR) is 115 cm³/mol. The Kier molecular flexibility index (Phi) is 4.15. The van der Waals surface area contributed by atoms with Crippen molar-refractivity contribution in [1.29, 1.82) is 0 Å². The maximum absolute atomic E-state index is 12.7. The molecule has 2 heterocycles. The molecule has 3 amide bonds. The minimum atomic E-state index is -0.383. The number of benzene rings is 3. The van der Waals surface area contributed by atoms with Gasteiger partial charge in [0.2, 0.25) is 0 Å². The van der Waals surface area contributed by atoms with Gasteiger partial charge in [0, 0.05) is 21.6 Å². The van der Waals surface area contributed by atoms with Crippen molar-refractivity contribution in [3.05, 3.63) is 94.6 Å². The number of rotatable bonds is 3. The lowest BCUT2D eigenvalue weighted by Gasteiger charge is -2.15. The van der Waals surface area contributed by atoms with Gasteiger partial charge in [-0.15, -0.1) is 0 Å². The maximum Gasteiger partial charge on any atom is 0.272 e. The number of aromatic amines is 1. The Labute approximate surface area is 176 Å². The molecule has 146 valence electrons. The first kappa shape index (κ1) is 18.1. The van der Waals surface area contributed by atoms with Crippen LogP contribution in [-0.2, 0) is 0 Å². The minimum absolute atomic E-state index is 0.346.